The smallest absolute Gasteiger partial charge is 0.161 e. The molecule has 0 aliphatic carbocycles. The Morgan fingerprint density at radius 2 is 1.85 bits per heavy atom. The predicted octanol–water partition coefficient (Wildman–Crippen LogP) is 2.55. The predicted molar refractivity (Wildman–Crippen MR) is 81.4 cm³/mol. The van der Waals surface area contributed by atoms with Crippen LogP contribution in [0.15, 0.2) is 18.2 Å². The number of hydrogen-bond donors (Lipinski definition) is 2. The number of ether oxygens (including phenoxy) is 2. The van der Waals surface area contributed by atoms with E-state index < -0.39 is 5.60 Å². The summed E-state index contributed by atoms with van der Waals surface area (Å²) in [7, 11) is 3.20. The third-order valence-corrected chi connectivity index (χ3v) is 3.35. The van der Waals surface area contributed by atoms with Crippen molar-refractivity contribution in [2.24, 2.45) is 5.92 Å². The molecule has 0 bridgehead atoms. The fraction of sp³-hybridized carbons (Fsp3) is 0.625. The van der Waals surface area contributed by atoms with E-state index in [2.05, 4.69) is 19.2 Å². The SMILES string of the molecule is COc1ccc(C(C)(O)CCNCC(C)C)cc1OC. The maximum absolute atomic E-state index is 10.6. The van der Waals surface area contributed by atoms with Crippen molar-refractivity contribution in [2.45, 2.75) is 32.8 Å². The van der Waals surface area contributed by atoms with Crippen LogP contribution in [0.5, 0.6) is 11.5 Å². The zero-order valence-corrected chi connectivity index (χ0v) is 13.2. The Morgan fingerprint density at radius 1 is 1.20 bits per heavy atom. The van der Waals surface area contributed by atoms with E-state index in [-0.39, 0.29) is 0 Å². The molecular formula is C16H27NO3. The first kappa shape index (κ1) is 16.8. The zero-order chi connectivity index (χ0) is 15.2. The molecule has 4 nitrogen and oxygen atoms in total. The molecule has 1 unspecified atom stereocenters. The van der Waals surface area contributed by atoms with Gasteiger partial charge in [-0.2, -0.15) is 0 Å². The van der Waals surface area contributed by atoms with E-state index in [9.17, 15) is 5.11 Å². The third kappa shape index (κ3) is 4.69. The molecule has 0 amide bonds. The molecule has 20 heavy (non-hydrogen) atoms. The van der Waals surface area contributed by atoms with Crippen molar-refractivity contribution < 1.29 is 14.6 Å². The maximum atomic E-state index is 10.6. The summed E-state index contributed by atoms with van der Waals surface area (Å²) >= 11 is 0. The van der Waals surface area contributed by atoms with E-state index in [1.54, 1.807) is 14.2 Å². The number of rotatable bonds is 8. The van der Waals surface area contributed by atoms with Gasteiger partial charge in [0.1, 0.15) is 0 Å². The molecule has 0 aromatic heterocycles. The molecule has 4 heteroatoms. The van der Waals surface area contributed by atoms with Crippen molar-refractivity contribution in [2.75, 3.05) is 27.3 Å². The quantitative estimate of drug-likeness (QED) is 0.719. The minimum atomic E-state index is -0.885. The van der Waals surface area contributed by atoms with E-state index >= 15 is 0 Å². The van der Waals surface area contributed by atoms with Crippen LogP contribution in [0.4, 0.5) is 0 Å². The molecule has 0 aliphatic rings. The van der Waals surface area contributed by atoms with E-state index in [0.717, 1.165) is 18.7 Å². The van der Waals surface area contributed by atoms with Crippen LogP contribution >= 0.6 is 0 Å². The Morgan fingerprint density at radius 3 is 2.40 bits per heavy atom. The maximum Gasteiger partial charge on any atom is 0.161 e. The summed E-state index contributed by atoms with van der Waals surface area (Å²) in [6, 6.07) is 5.54. The second-order valence-corrected chi connectivity index (χ2v) is 5.69. The summed E-state index contributed by atoms with van der Waals surface area (Å²) in [6.07, 6.45) is 0.648. The van der Waals surface area contributed by atoms with Crippen molar-refractivity contribution in [1.82, 2.24) is 5.32 Å². The highest BCUT2D eigenvalue weighted by Gasteiger charge is 2.24. The Kier molecular flexibility index (Phi) is 6.30. The van der Waals surface area contributed by atoms with Crippen LogP contribution in [0.2, 0.25) is 0 Å². The van der Waals surface area contributed by atoms with Crippen LogP contribution in [0, 0.1) is 5.92 Å². The van der Waals surface area contributed by atoms with Crippen LogP contribution in [0.1, 0.15) is 32.8 Å². The molecule has 1 rings (SSSR count). The van der Waals surface area contributed by atoms with Gasteiger partial charge in [-0.25, -0.2) is 0 Å². The molecule has 2 N–H and O–H groups in total. The van der Waals surface area contributed by atoms with Gasteiger partial charge in [-0.15, -0.1) is 0 Å². The van der Waals surface area contributed by atoms with E-state index in [1.165, 1.54) is 0 Å². The molecule has 0 saturated heterocycles. The molecule has 0 aliphatic heterocycles. The highest BCUT2D eigenvalue weighted by atomic mass is 16.5. The molecule has 1 atom stereocenters. The van der Waals surface area contributed by atoms with Crippen LogP contribution in [-0.2, 0) is 5.60 Å². The van der Waals surface area contributed by atoms with Crippen molar-refractivity contribution in [3.8, 4) is 11.5 Å². The van der Waals surface area contributed by atoms with Gasteiger partial charge in [0, 0.05) is 0 Å². The Labute approximate surface area is 122 Å². The van der Waals surface area contributed by atoms with Gasteiger partial charge in [-0.1, -0.05) is 19.9 Å². The number of benzene rings is 1. The topological polar surface area (TPSA) is 50.7 Å². The summed E-state index contributed by atoms with van der Waals surface area (Å²) in [5.74, 6) is 1.92. The van der Waals surface area contributed by atoms with Crippen LogP contribution in [-0.4, -0.2) is 32.4 Å². The highest BCUT2D eigenvalue weighted by Crippen LogP contribution is 2.33. The summed E-state index contributed by atoms with van der Waals surface area (Å²) in [4.78, 5) is 0. The van der Waals surface area contributed by atoms with Crippen LogP contribution in [0.25, 0.3) is 0 Å². The fourth-order valence-electron chi connectivity index (χ4n) is 2.04. The minimum absolute atomic E-state index is 0.612. The second kappa shape index (κ2) is 7.50. The van der Waals surface area contributed by atoms with Crippen LogP contribution < -0.4 is 14.8 Å². The largest absolute Gasteiger partial charge is 0.493 e. The van der Waals surface area contributed by atoms with Gasteiger partial charge in [0.25, 0.3) is 0 Å². The first-order valence-corrected chi connectivity index (χ1v) is 7.06. The van der Waals surface area contributed by atoms with Crippen molar-refractivity contribution in [3.05, 3.63) is 23.8 Å². The second-order valence-electron chi connectivity index (χ2n) is 5.69. The molecule has 0 heterocycles. The summed E-state index contributed by atoms with van der Waals surface area (Å²) in [5, 5.41) is 13.9. The first-order chi connectivity index (χ1) is 9.40. The average Bonchev–Trinajstić information content (AvgIpc) is 2.42. The summed E-state index contributed by atoms with van der Waals surface area (Å²) in [6.45, 7) is 7.89. The zero-order valence-electron chi connectivity index (χ0n) is 13.2. The lowest BCUT2D eigenvalue weighted by Gasteiger charge is -2.25. The third-order valence-electron chi connectivity index (χ3n) is 3.35. The van der Waals surface area contributed by atoms with Gasteiger partial charge >= 0.3 is 0 Å². The molecule has 0 spiro atoms. The van der Waals surface area contributed by atoms with E-state index in [4.69, 9.17) is 9.47 Å². The molecule has 1 aromatic rings. The van der Waals surface area contributed by atoms with E-state index in [0.29, 0.717) is 23.8 Å². The molecule has 1 aromatic carbocycles. The van der Waals surface area contributed by atoms with Crippen molar-refractivity contribution >= 4 is 0 Å². The lowest BCUT2D eigenvalue weighted by atomic mass is 9.92. The summed E-state index contributed by atoms with van der Waals surface area (Å²) in [5.41, 5.74) is -0.0507. The number of hydrogen-bond acceptors (Lipinski definition) is 4. The molecule has 0 radical (unpaired) electrons. The lowest BCUT2D eigenvalue weighted by molar-refractivity contribution is 0.0476. The van der Waals surface area contributed by atoms with Crippen LogP contribution in [0.3, 0.4) is 0 Å². The van der Waals surface area contributed by atoms with Gasteiger partial charge in [-0.05, 0) is 50.0 Å². The molecular weight excluding hydrogens is 254 g/mol. The van der Waals surface area contributed by atoms with Crippen molar-refractivity contribution in [3.63, 3.8) is 0 Å². The van der Waals surface area contributed by atoms with Gasteiger partial charge in [-0.3, -0.25) is 0 Å². The number of nitrogens with one attached hydrogen (secondary N) is 1. The highest BCUT2D eigenvalue weighted by molar-refractivity contribution is 5.44. The minimum Gasteiger partial charge on any atom is -0.493 e. The standard InChI is InChI=1S/C16H27NO3/c1-12(2)11-17-9-8-16(3,18)13-6-7-14(19-4)15(10-13)20-5/h6-7,10,12,17-18H,8-9,11H2,1-5H3. The molecule has 114 valence electrons. The molecule has 0 saturated carbocycles. The normalized spacial score (nSPS) is 14.2. The first-order valence-electron chi connectivity index (χ1n) is 7.06. The number of aliphatic hydroxyl groups is 1. The van der Waals surface area contributed by atoms with Gasteiger partial charge in [0.15, 0.2) is 11.5 Å². The van der Waals surface area contributed by atoms with Gasteiger partial charge < -0.3 is 19.9 Å². The Bertz CT molecular complexity index is 416. The Balaban J connectivity index is 2.71. The van der Waals surface area contributed by atoms with Gasteiger partial charge in [0.2, 0.25) is 0 Å². The lowest BCUT2D eigenvalue weighted by Crippen LogP contribution is -2.29. The monoisotopic (exact) mass is 281 g/mol. The summed E-state index contributed by atoms with van der Waals surface area (Å²) < 4.78 is 10.5. The number of methoxy groups -OCH3 is 2. The van der Waals surface area contributed by atoms with E-state index in [1.807, 2.05) is 25.1 Å². The molecule has 0 fully saturated rings. The van der Waals surface area contributed by atoms with Gasteiger partial charge in [0.05, 0.1) is 19.8 Å². The van der Waals surface area contributed by atoms with Crippen molar-refractivity contribution in [1.29, 1.82) is 0 Å². The Hall–Kier alpha value is -1.26. The fourth-order valence-corrected chi connectivity index (χ4v) is 2.04. The average molecular weight is 281 g/mol.